The molecule has 0 radical (unpaired) electrons. The number of nitrogens with zero attached hydrogens (tertiary/aromatic N) is 1. The second kappa shape index (κ2) is 13.7. The van der Waals surface area contributed by atoms with Crippen LogP contribution in [0.5, 0.6) is 0 Å². The lowest BCUT2D eigenvalue weighted by Crippen LogP contribution is -2.66. The van der Waals surface area contributed by atoms with Gasteiger partial charge in [-0.15, -0.1) is 0 Å². The van der Waals surface area contributed by atoms with Crippen LogP contribution < -0.4 is 0 Å². The molecule has 1 aromatic heterocycles. The molecule has 1 aliphatic rings. The van der Waals surface area contributed by atoms with E-state index in [0.717, 1.165) is 16.5 Å². The van der Waals surface area contributed by atoms with Gasteiger partial charge in [0.05, 0.1) is 13.0 Å². The molecule has 1 saturated heterocycles. The van der Waals surface area contributed by atoms with E-state index in [0.29, 0.717) is 6.61 Å². The fourth-order valence-electron chi connectivity index (χ4n) is 5.30. The number of rotatable bonds is 13. The molecule has 2 heterocycles. The molecule has 2 aromatic rings. The average Bonchev–Trinajstić information content (AvgIpc) is 3.17. The van der Waals surface area contributed by atoms with Crippen molar-refractivity contribution in [3.05, 3.63) is 36.0 Å². The van der Waals surface area contributed by atoms with Crippen molar-refractivity contribution >= 4 is 58.4 Å². The topological polar surface area (TPSA) is 77.4 Å². The Bertz CT molecular complexity index is 1270. The van der Waals surface area contributed by atoms with Crippen LogP contribution in [0.4, 0.5) is 0 Å². The van der Waals surface area contributed by atoms with Gasteiger partial charge >= 0.3 is 5.97 Å². The third-order valence-corrected chi connectivity index (χ3v) is 12.6. The van der Waals surface area contributed by atoms with Gasteiger partial charge in [0.15, 0.2) is 53.9 Å². The summed E-state index contributed by atoms with van der Waals surface area (Å²) in [6, 6.07) is 8.30. The average molecular weight is 698 g/mol. The fourth-order valence-corrected chi connectivity index (χ4v) is 10.5. The largest absolute Gasteiger partial charge is 0.454 e. The molecule has 0 N–H and O–H groups in total. The minimum atomic E-state index is -2.15. The highest BCUT2D eigenvalue weighted by Crippen LogP contribution is 2.35. The van der Waals surface area contributed by atoms with Gasteiger partial charge in [-0.3, -0.25) is 4.79 Å². The first kappa shape index (κ1) is 37.6. The fraction of sp³-hybridized carbons (Fsp3) is 0.710. The molecule has 1 fully saturated rings. The molecule has 0 bridgehead atoms. The summed E-state index contributed by atoms with van der Waals surface area (Å²) in [4.78, 5) is 13.9. The van der Waals surface area contributed by atoms with Gasteiger partial charge in [0.25, 0.3) is 0 Å². The molecule has 1 aromatic carbocycles. The number of hydrogen-bond donors (Lipinski definition) is 0. The van der Waals surface area contributed by atoms with E-state index in [1.807, 2.05) is 6.07 Å². The number of carbonyl (C=O) groups excluding carboxylic acids is 1. The van der Waals surface area contributed by atoms with E-state index >= 15 is 0 Å². The summed E-state index contributed by atoms with van der Waals surface area (Å²) in [5, 5.41) is 1.08. The molecule has 5 atom stereocenters. The lowest BCUT2D eigenvalue weighted by Gasteiger charge is -2.50. The summed E-state index contributed by atoms with van der Waals surface area (Å²) in [6.07, 6.45) is -0.703. The van der Waals surface area contributed by atoms with E-state index < -0.39 is 72.2 Å². The van der Waals surface area contributed by atoms with Crippen molar-refractivity contribution < 1.29 is 32.0 Å². The van der Waals surface area contributed by atoms with Crippen molar-refractivity contribution in [1.29, 1.82) is 0 Å². The number of benzene rings is 1. The summed E-state index contributed by atoms with van der Waals surface area (Å²) in [5.74, 6) is -0.325. The first-order valence-electron chi connectivity index (χ1n) is 15.9. The van der Waals surface area contributed by atoms with Crippen LogP contribution >= 0.6 is 0 Å². The molecule has 13 heteroatoms. The van der Waals surface area contributed by atoms with Gasteiger partial charge in [0.2, 0.25) is 0 Å². The van der Waals surface area contributed by atoms with Gasteiger partial charge in [-0.2, -0.15) is 0 Å². The smallest absolute Gasteiger partial charge is 0.310 e. The molecule has 8 nitrogen and oxygen atoms in total. The lowest BCUT2D eigenvalue weighted by atomic mass is 9.99. The Balaban J connectivity index is 2.04. The predicted molar refractivity (Wildman–Crippen MR) is 193 cm³/mol. The zero-order valence-electron chi connectivity index (χ0n) is 30.0. The maximum atomic E-state index is 13.9. The van der Waals surface area contributed by atoms with Crippen LogP contribution in [-0.4, -0.2) is 89.0 Å². The van der Waals surface area contributed by atoms with Crippen molar-refractivity contribution in [3.8, 4) is 0 Å². The van der Waals surface area contributed by atoms with Gasteiger partial charge < -0.3 is 31.4 Å². The van der Waals surface area contributed by atoms with Crippen molar-refractivity contribution in [2.24, 2.45) is 0 Å². The minimum Gasteiger partial charge on any atom is -0.454 e. The molecule has 0 aliphatic carbocycles. The van der Waals surface area contributed by atoms with Crippen LogP contribution in [0.15, 0.2) is 30.5 Å². The minimum absolute atomic E-state index is 0.148. The number of ether oxygens (including phenoxy) is 2. The summed E-state index contributed by atoms with van der Waals surface area (Å²) in [5.41, 5.74) is 2.12. The van der Waals surface area contributed by atoms with E-state index in [1.54, 1.807) is 0 Å². The highest BCUT2D eigenvalue weighted by Gasteiger charge is 2.53. The van der Waals surface area contributed by atoms with E-state index in [1.165, 1.54) is 0 Å². The first-order chi connectivity index (χ1) is 19.8. The number of para-hydroxylation sites is 1. The second-order valence-corrected chi connectivity index (χ2v) is 39.6. The number of esters is 1. The molecule has 44 heavy (non-hydrogen) atoms. The Morgan fingerprint density at radius 1 is 0.727 bits per heavy atom. The van der Waals surface area contributed by atoms with E-state index in [-0.39, 0.29) is 12.4 Å². The zero-order chi connectivity index (χ0) is 33.5. The predicted octanol–water partition coefficient (Wildman–Crippen LogP) is 7.65. The van der Waals surface area contributed by atoms with E-state index in [9.17, 15) is 4.79 Å². The third kappa shape index (κ3) is 11.1. The van der Waals surface area contributed by atoms with Crippen LogP contribution in [0.1, 0.15) is 5.56 Å². The Morgan fingerprint density at radius 2 is 1.27 bits per heavy atom. The number of fused-ring (bicyclic) bond motifs is 1. The van der Waals surface area contributed by atoms with Gasteiger partial charge in [-0.05, 0) is 96.4 Å². The molecule has 0 unspecified atom stereocenters. The van der Waals surface area contributed by atoms with Crippen LogP contribution in [0.25, 0.3) is 10.9 Å². The monoisotopic (exact) mass is 697 g/mol. The normalized spacial score (nSPS) is 24.1. The van der Waals surface area contributed by atoms with E-state index in [2.05, 4.69) is 127 Å². The Hall–Kier alpha value is -0.886. The summed E-state index contributed by atoms with van der Waals surface area (Å²) in [7, 11) is -9.94. The van der Waals surface area contributed by atoms with E-state index in [4.69, 9.17) is 27.2 Å². The zero-order valence-corrected chi connectivity index (χ0v) is 35.0. The number of carbonyl (C=O) groups is 1. The quantitative estimate of drug-likeness (QED) is 0.157. The maximum Gasteiger partial charge on any atom is 0.310 e. The number of hydrogen-bond acceptors (Lipinski definition) is 7. The van der Waals surface area contributed by atoms with Crippen LogP contribution in [0.3, 0.4) is 0 Å². The standard InChI is InChI=1S/C31H59NO7Si5/c1-40(2,3)32-21-23(24-18-16-17-19-25(24)32)20-27(33)36-30-29(38-43(10,11)12)28(37-42(7,8)9)26(22-34-41(4,5)6)35-31(30)39-44(13,14)15/h16-19,21,26,28-31H,20,22H2,1-15H3/t26-,28-,29+,30-,31+/m1/s1. The maximum absolute atomic E-state index is 13.9. The van der Waals surface area contributed by atoms with Crippen LogP contribution in [-0.2, 0) is 38.4 Å². The first-order valence-corrected chi connectivity index (χ1v) is 33.0. The summed E-state index contributed by atoms with van der Waals surface area (Å²) >= 11 is 0. The lowest BCUT2D eigenvalue weighted by molar-refractivity contribution is -0.277. The molecular formula is C31H59NO7Si5. The number of aromatic nitrogens is 1. The van der Waals surface area contributed by atoms with Crippen LogP contribution in [0, 0.1) is 0 Å². The second-order valence-electron chi connectivity index (χ2n) is 16.9. The van der Waals surface area contributed by atoms with Gasteiger partial charge in [0.1, 0.15) is 18.3 Å². The Kier molecular flexibility index (Phi) is 11.7. The summed E-state index contributed by atoms with van der Waals surface area (Å²) < 4.78 is 42.3. The molecule has 1 aliphatic heterocycles. The van der Waals surface area contributed by atoms with Crippen molar-refractivity contribution in [3.63, 3.8) is 0 Å². The van der Waals surface area contributed by atoms with Crippen molar-refractivity contribution in [1.82, 2.24) is 4.23 Å². The summed E-state index contributed by atoms with van der Waals surface area (Å²) in [6.45, 7) is 33.1. The highest BCUT2D eigenvalue weighted by molar-refractivity contribution is 6.75. The SMILES string of the molecule is C[Si](C)(C)OC[C@H]1O[C@@H](O[Si](C)(C)C)[C@H](OC(=O)Cc2cn([Si](C)(C)C)c3ccccc23)[C@@H](O[Si](C)(C)C)[C@@H]1O[Si](C)(C)C. The van der Waals surface area contributed by atoms with Crippen LogP contribution in [0.2, 0.25) is 98.2 Å². The molecule has 0 spiro atoms. The highest BCUT2D eigenvalue weighted by atomic mass is 28.4. The van der Waals surface area contributed by atoms with Gasteiger partial charge in [-0.1, -0.05) is 37.8 Å². The van der Waals surface area contributed by atoms with Crippen molar-refractivity contribution in [2.45, 2.75) is 135 Å². The molecule has 0 saturated carbocycles. The molecular weight excluding hydrogens is 639 g/mol. The van der Waals surface area contributed by atoms with Gasteiger partial charge in [-0.25, -0.2) is 0 Å². The molecule has 0 amide bonds. The molecule has 250 valence electrons. The Labute approximate surface area is 271 Å². The molecule has 3 rings (SSSR count). The van der Waals surface area contributed by atoms with Gasteiger partial charge in [0, 0.05) is 10.9 Å². The third-order valence-electron chi connectivity index (χ3n) is 6.84. The Morgan fingerprint density at radius 3 is 1.80 bits per heavy atom. The van der Waals surface area contributed by atoms with Crippen molar-refractivity contribution in [2.75, 3.05) is 6.61 Å².